The van der Waals surface area contributed by atoms with Gasteiger partial charge in [0.05, 0.1) is 22.3 Å². The first kappa shape index (κ1) is 16.5. The molecule has 0 radical (unpaired) electrons. The van der Waals surface area contributed by atoms with Gasteiger partial charge >= 0.3 is 0 Å². The minimum atomic E-state index is 0.195. The molecule has 2 rings (SSSR count). The van der Waals surface area contributed by atoms with Crippen LogP contribution >= 0.6 is 22.6 Å². The standard InChI is InChI=1S/C16H22INO3/c1-11(2)15-16(18(15)10-19)12-5-6-13(17)14(9-12)21-8-4-7-20-3/h5-6,9-11,15-16H,4,7-8H2,1-3H3. The molecule has 0 spiro atoms. The van der Waals surface area contributed by atoms with E-state index < -0.39 is 0 Å². The van der Waals surface area contributed by atoms with Crippen LogP contribution in [0.1, 0.15) is 31.9 Å². The number of ether oxygens (including phenoxy) is 2. The van der Waals surface area contributed by atoms with E-state index in [1.165, 1.54) is 0 Å². The molecule has 21 heavy (non-hydrogen) atoms. The predicted octanol–water partition coefficient (Wildman–Crippen LogP) is 3.24. The van der Waals surface area contributed by atoms with Crippen molar-refractivity contribution < 1.29 is 14.3 Å². The molecule has 0 bridgehead atoms. The quantitative estimate of drug-likeness (QED) is 0.290. The minimum Gasteiger partial charge on any atom is -0.492 e. The van der Waals surface area contributed by atoms with E-state index in [0.29, 0.717) is 25.2 Å². The van der Waals surface area contributed by atoms with E-state index >= 15 is 0 Å². The van der Waals surface area contributed by atoms with Crippen molar-refractivity contribution in [1.29, 1.82) is 0 Å². The van der Waals surface area contributed by atoms with Gasteiger partial charge in [0.15, 0.2) is 0 Å². The molecule has 0 saturated carbocycles. The number of benzene rings is 1. The summed E-state index contributed by atoms with van der Waals surface area (Å²) in [4.78, 5) is 13.0. The lowest BCUT2D eigenvalue weighted by Gasteiger charge is -2.10. The van der Waals surface area contributed by atoms with Crippen LogP contribution in [0.5, 0.6) is 5.75 Å². The third-order valence-electron chi connectivity index (χ3n) is 3.75. The Morgan fingerprint density at radius 3 is 2.71 bits per heavy atom. The summed E-state index contributed by atoms with van der Waals surface area (Å²) >= 11 is 2.28. The average molecular weight is 403 g/mol. The van der Waals surface area contributed by atoms with E-state index in [2.05, 4.69) is 54.6 Å². The zero-order chi connectivity index (χ0) is 15.4. The van der Waals surface area contributed by atoms with Crippen LogP contribution in [0, 0.1) is 9.49 Å². The van der Waals surface area contributed by atoms with Crippen LogP contribution in [0.15, 0.2) is 18.2 Å². The third-order valence-corrected chi connectivity index (χ3v) is 4.64. The van der Waals surface area contributed by atoms with Gasteiger partial charge in [0, 0.05) is 20.1 Å². The van der Waals surface area contributed by atoms with E-state index in [-0.39, 0.29) is 6.04 Å². The monoisotopic (exact) mass is 403 g/mol. The lowest BCUT2D eigenvalue weighted by atomic mass is 10.0. The highest BCUT2D eigenvalue weighted by molar-refractivity contribution is 14.1. The van der Waals surface area contributed by atoms with Crippen molar-refractivity contribution in [2.45, 2.75) is 32.4 Å². The number of carbonyl (C=O) groups is 1. The van der Waals surface area contributed by atoms with E-state index in [1.807, 2.05) is 4.90 Å². The summed E-state index contributed by atoms with van der Waals surface area (Å²) in [7, 11) is 1.69. The second-order valence-corrected chi connectivity index (χ2v) is 6.78. The number of hydrogen-bond acceptors (Lipinski definition) is 3. The molecule has 1 heterocycles. The van der Waals surface area contributed by atoms with E-state index in [1.54, 1.807) is 7.11 Å². The highest BCUT2D eigenvalue weighted by atomic mass is 127. The zero-order valence-corrected chi connectivity index (χ0v) is 14.9. The first-order chi connectivity index (χ1) is 10.1. The normalized spacial score (nSPS) is 20.7. The molecule has 1 aliphatic heterocycles. The SMILES string of the molecule is COCCCOc1cc(C2C(C(C)C)N2C=O)ccc1I. The Labute approximate surface area is 139 Å². The number of halogens is 1. The van der Waals surface area contributed by atoms with Crippen LogP contribution < -0.4 is 4.74 Å². The van der Waals surface area contributed by atoms with E-state index in [9.17, 15) is 4.79 Å². The number of amides is 1. The van der Waals surface area contributed by atoms with Gasteiger partial charge in [0.1, 0.15) is 5.75 Å². The van der Waals surface area contributed by atoms with Gasteiger partial charge < -0.3 is 14.4 Å². The first-order valence-electron chi connectivity index (χ1n) is 7.24. The zero-order valence-electron chi connectivity index (χ0n) is 12.7. The fourth-order valence-corrected chi connectivity index (χ4v) is 3.17. The third kappa shape index (κ3) is 3.88. The molecule has 1 aromatic rings. The molecule has 1 aliphatic rings. The van der Waals surface area contributed by atoms with Crippen molar-refractivity contribution in [3.8, 4) is 5.75 Å². The van der Waals surface area contributed by atoms with E-state index in [4.69, 9.17) is 9.47 Å². The summed E-state index contributed by atoms with van der Waals surface area (Å²) in [6, 6.07) is 6.72. The van der Waals surface area contributed by atoms with Crippen molar-refractivity contribution in [2.75, 3.05) is 20.3 Å². The number of nitrogens with zero attached hydrogens (tertiary/aromatic N) is 1. The molecule has 2 unspecified atom stereocenters. The van der Waals surface area contributed by atoms with Crippen LogP contribution in [0.25, 0.3) is 0 Å². The van der Waals surface area contributed by atoms with Gasteiger partial charge in [-0.15, -0.1) is 0 Å². The molecule has 4 nitrogen and oxygen atoms in total. The molecular formula is C16H22INO3. The van der Waals surface area contributed by atoms with Crippen molar-refractivity contribution >= 4 is 29.0 Å². The van der Waals surface area contributed by atoms with Gasteiger partial charge in [0.2, 0.25) is 6.41 Å². The van der Waals surface area contributed by atoms with Crippen LogP contribution in [0.2, 0.25) is 0 Å². The maximum Gasteiger partial charge on any atom is 0.210 e. The van der Waals surface area contributed by atoms with Crippen molar-refractivity contribution in [3.05, 3.63) is 27.3 Å². The second kappa shape index (κ2) is 7.45. The van der Waals surface area contributed by atoms with Crippen LogP contribution in [-0.4, -0.2) is 37.7 Å². The number of hydrogen-bond donors (Lipinski definition) is 0. The maximum absolute atomic E-state index is 11.1. The summed E-state index contributed by atoms with van der Waals surface area (Å²) < 4.78 is 11.9. The van der Waals surface area contributed by atoms with Crippen molar-refractivity contribution in [1.82, 2.24) is 4.90 Å². The summed E-state index contributed by atoms with van der Waals surface area (Å²) in [5, 5.41) is 0. The largest absolute Gasteiger partial charge is 0.492 e. The van der Waals surface area contributed by atoms with Crippen molar-refractivity contribution in [2.24, 2.45) is 5.92 Å². The van der Waals surface area contributed by atoms with Crippen LogP contribution in [0.3, 0.4) is 0 Å². The minimum absolute atomic E-state index is 0.195. The molecular weight excluding hydrogens is 381 g/mol. The van der Waals surface area contributed by atoms with Crippen LogP contribution in [0.4, 0.5) is 0 Å². The molecule has 1 saturated heterocycles. The lowest BCUT2D eigenvalue weighted by Crippen LogP contribution is -2.04. The van der Waals surface area contributed by atoms with Gasteiger partial charge in [-0.05, 0) is 46.2 Å². The number of carbonyl (C=O) groups excluding carboxylic acids is 1. The fourth-order valence-electron chi connectivity index (χ4n) is 2.68. The molecule has 2 atom stereocenters. The lowest BCUT2D eigenvalue weighted by molar-refractivity contribution is -0.114. The molecule has 0 aliphatic carbocycles. The summed E-state index contributed by atoms with van der Waals surface area (Å²) in [6.07, 6.45) is 1.82. The summed E-state index contributed by atoms with van der Waals surface area (Å²) in [6.45, 7) is 5.64. The Morgan fingerprint density at radius 2 is 2.14 bits per heavy atom. The van der Waals surface area contributed by atoms with Gasteiger partial charge in [-0.2, -0.15) is 0 Å². The molecule has 116 valence electrons. The first-order valence-corrected chi connectivity index (χ1v) is 8.32. The topological polar surface area (TPSA) is 38.5 Å². The molecule has 1 fully saturated rings. The highest BCUT2D eigenvalue weighted by Gasteiger charge is 2.49. The smallest absolute Gasteiger partial charge is 0.210 e. The van der Waals surface area contributed by atoms with Gasteiger partial charge in [-0.3, -0.25) is 4.79 Å². The van der Waals surface area contributed by atoms with Crippen LogP contribution in [-0.2, 0) is 9.53 Å². The van der Waals surface area contributed by atoms with Gasteiger partial charge in [-0.1, -0.05) is 19.9 Å². The van der Waals surface area contributed by atoms with Gasteiger partial charge in [0.25, 0.3) is 0 Å². The average Bonchev–Trinajstić information content (AvgIpc) is 3.20. The number of rotatable bonds is 8. The Morgan fingerprint density at radius 1 is 1.38 bits per heavy atom. The highest BCUT2D eigenvalue weighted by Crippen LogP contribution is 2.46. The maximum atomic E-state index is 11.1. The molecule has 5 heteroatoms. The Kier molecular flexibility index (Phi) is 5.87. The van der Waals surface area contributed by atoms with E-state index in [0.717, 1.165) is 27.7 Å². The Bertz CT molecular complexity index is 492. The van der Waals surface area contributed by atoms with Gasteiger partial charge in [-0.25, -0.2) is 0 Å². The second-order valence-electron chi connectivity index (χ2n) is 5.62. The molecule has 0 aromatic heterocycles. The predicted molar refractivity (Wildman–Crippen MR) is 90.4 cm³/mol. The Balaban J connectivity index is 2.06. The fraction of sp³-hybridized carbons (Fsp3) is 0.562. The summed E-state index contributed by atoms with van der Waals surface area (Å²) in [5.74, 6) is 1.36. The Hall–Kier alpha value is -0.820. The molecule has 1 amide bonds. The molecule has 0 N–H and O–H groups in total. The summed E-state index contributed by atoms with van der Waals surface area (Å²) in [5.41, 5.74) is 1.16. The molecule has 1 aromatic carbocycles. The number of methoxy groups -OCH3 is 1. The van der Waals surface area contributed by atoms with Crippen molar-refractivity contribution in [3.63, 3.8) is 0 Å².